The Morgan fingerprint density at radius 3 is 2.76 bits per heavy atom. The van der Waals surface area contributed by atoms with Gasteiger partial charge in [0, 0.05) is 18.2 Å². The number of likely N-dealkylation sites (tertiary alicyclic amines) is 1. The van der Waals surface area contributed by atoms with Crippen molar-refractivity contribution in [1.29, 1.82) is 0 Å². The maximum Gasteiger partial charge on any atom is 0.254 e. The average Bonchev–Trinajstić information content (AvgIpc) is 3.09. The van der Waals surface area contributed by atoms with Gasteiger partial charge in [0.15, 0.2) is 0 Å². The largest absolute Gasteiger partial charge is 0.336 e. The number of piperidine rings is 1. The predicted molar refractivity (Wildman–Crippen MR) is 80.3 cm³/mol. The highest BCUT2D eigenvalue weighted by molar-refractivity contribution is 5.94. The summed E-state index contributed by atoms with van der Waals surface area (Å²) in [5.41, 5.74) is 1.66. The zero-order chi connectivity index (χ0) is 14.7. The Hall–Kier alpha value is -2.17. The van der Waals surface area contributed by atoms with Crippen LogP contribution in [0.15, 0.2) is 36.9 Å². The normalized spacial score (nSPS) is 18.7. The topological polar surface area (TPSA) is 51.0 Å². The fourth-order valence-electron chi connectivity index (χ4n) is 2.96. The number of amides is 1. The number of rotatable bonds is 3. The lowest BCUT2D eigenvalue weighted by molar-refractivity contribution is 0.0608. The SMILES string of the molecule is CC[C@@H]1CCCCN1C(=O)c1ccc(-n2cncn2)cc1. The maximum absolute atomic E-state index is 12.7. The van der Waals surface area contributed by atoms with Crippen molar-refractivity contribution in [1.82, 2.24) is 19.7 Å². The molecule has 1 fully saturated rings. The van der Waals surface area contributed by atoms with Crippen LogP contribution < -0.4 is 0 Å². The number of nitrogens with zero attached hydrogens (tertiary/aromatic N) is 4. The minimum Gasteiger partial charge on any atom is -0.336 e. The van der Waals surface area contributed by atoms with Crippen molar-refractivity contribution < 1.29 is 4.79 Å². The summed E-state index contributed by atoms with van der Waals surface area (Å²) < 4.78 is 1.68. The second-order valence-corrected chi connectivity index (χ2v) is 5.44. The first-order valence-electron chi connectivity index (χ1n) is 7.55. The highest BCUT2D eigenvalue weighted by Crippen LogP contribution is 2.22. The lowest BCUT2D eigenvalue weighted by Crippen LogP contribution is -2.43. The van der Waals surface area contributed by atoms with Gasteiger partial charge in [0.2, 0.25) is 0 Å². The van der Waals surface area contributed by atoms with E-state index in [1.807, 2.05) is 29.2 Å². The maximum atomic E-state index is 12.7. The number of benzene rings is 1. The predicted octanol–water partition coefficient (Wildman–Crippen LogP) is 2.67. The molecule has 2 heterocycles. The molecule has 1 aromatic heterocycles. The molecule has 0 unspecified atom stereocenters. The molecule has 2 aromatic rings. The van der Waals surface area contributed by atoms with Crippen LogP contribution in [0.3, 0.4) is 0 Å². The second-order valence-electron chi connectivity index (χ2n) is 5.44. The van der Waals surface area contributed by atoms with Crippen molar-refractivity contribution in [3.8, 4) is 5.69 Å². The monoisotopic (exact) mass is 284 g/mol. The molecule has 21 heavy (non-hydrogen) atoms. The molecule has 0 aliphatic carbocycles. The van der Waals surface area contributed by atoms with E-state index in [0.717, 1.165) is 37.1 Å². The fraction of sp³-hybridized carbons (Fsp3) is 0.438. The molecule has 1 saturated heterocycles. The standard InChI is InChI=1S/C16H20N4O/c1-2-14-5-3-4-10-19(14)16(21)13-6-8-15(9-7-13)20-12-17-11-18-20/h6-9,11-12,14H,2-5,10H2,1H3/t14-/m1/s1. The molecule has 0 saturated carbocycles. The average molecular weight is 284 g/mol. The van der Waals surface area contributed by atoms with Crippen LogP contribution in [0.25, 0.3) is 5.69 Å². The van der Waals surface area contributed by atoms with Crippen molar-refractivity contribution in [2.24, 2.45) is 0 Å². The molecule has 1 aromatic carbocycles. The molecule has 1 atom stereocenters. The Morgan fingerprint density at radius 1 is 1.29 bits per heavy atom. The van der Waals surface area contributed by atoms with Gasteiger partial charge in [0.25, 0.3) is 5.91 Å². The van der Waals surface area contributed by atoms with E-state index in [0.29, 0.717) is 6.04 Å². The summed E-state index contributed by atoms with van der Waals surface area (Å²) in [7, 11) is 0. The van der Waals surface area contributed by atoms with Gasteiger partial charge in [-0.15, -0.1) is 0 Å². The fourth-order valence-corrected chi connectivity index (χ4v) is 2.96. The van der Waals surface area contributed by atoms with Gasteiger partial charge < -0.3 is 4.90 Å². The van der Waals surface area contributed by atoms with E-state index in [9.17, 15) is 4.79 Å². The lowest BCUT2D eigenvalue weighted by Gasteiger charge is -2.35. The molecule has 0 bridgehead atoms. The van der Waals surface area contributed by atoms with Crippen molar-refractivity contribution >= 4 is 5.91 Å². The number of aromatic nitrogens is 3. The summed E-state index contributed by atoms with van der Waals surface area (Å²) in [6.07, 6.45) is 7.64. The van der Waals surface area contributed by atoms with Gasteiger partial charge in [-0.2, -0.15) is 5.10 Å². The first-order valence-corrected chi connectivity index (χ1v) is 7.55. The second kappa shape index (κ2) is 6.08. The van der Waals surface area contributed by atoms with Gasteiger partial charge in [-0.05, 0) is 49.9 Å². The van der Waals surface area contributed by atoms with E-state index < -0.39 is 0 Å². The Kier molecular flexibility index (Phi) is 3.99. The van der Waals surface area contributed by atoms with Crippen molar-refractivity contribution in [2.45, 2.75) is 38.6 Å². The van der Waals surface area contributed by atoms with E-state index in [1.165, 1.54) is 12.7 Å². The molecular weight excluding hydrogens is 264 g/mol. The quantitative estimate of drug-likeness (QED) is 0.870. The van der Waals surface area contributed by atoms with Crippen LogP contribution in [0.1, 0.15) is 43.0 Å². The number of carbonyl (C=O) groups excluding carboxylic acids is 1. The van der Waals surface area contributed by atoms with Crippen LogP contribution in [0, 0.1) is 0 Å². The highest BCUT2D eigenvalue weighted by Gasteiger charge is 2.25. The number of carbonyl (C=O) groups is 1. The lowest BCUT2D eigenvalue weighted by atomic mass is 9.99. The number of hydrogen-bond acceptors (Lipinski definition) is 3. The molecule has 1 aliphatic heterocycles. The molecule has 0 spiro atoms. The third kappa shape index (κ3) is 2.82. The van der Waals surface area contributed by atoms with Crippen LogP contribution >= 0.6 is 0 Å². The number of hydrogen-bond donors (Lipinski definition) is 0. The Balaban J connectivity index is 1.78. The molecule has 1 aliphatic rings. The Labute approximate surface area is 124 Å². The summed E-state index contributed by atoms with van der Waals surface area (Å²) in [5.74, 6) is 0.145. The zero-order valence-electron chi connectivity index (χ0n) is 12.3. The van der Waals surface area contributed by atoms with Gasteiger partial charge in [0.1, 0.15) is 12.7 Å². The Bertz CT molecular complexity index is 591. The van der Waals surface area contributed by atoms with Crippen molar-refractivity contribution in [3.63, 3.8) is 0 Å². The van der Waals surface area contributed by atoms with Crippen molar-refractivity contribution in [2.75, 3.05) is 6.54 Å². The van der Waals surface area contributed by atoms with E-state index in [4.69, 9.17) is 0 Å². The molecular formula is C16H20N4O. The molecule has 5 heteroatoms. The summed E-state index contributed by atoms with van der Waals surface area (Å²) in [5, 5.41) is 4.09. The molecule has 5 nitrogen and oxygen atoms in total. The van der Waals surface area contributed by atoms with Crippen LogP contribution in [0.2, 0.25) is 0 Å². The first kappa shape index (κ1) is 13.8. The van der Waals surface area contributed by atoms with Gasteiger partial charge in [-0.25, -0.2) is 9.67 Å². The highest BCUT2D eigenvalue weighted by atomic mass is 16.2. The molecule has 3 rings (SSSR count). The summed E-state index contributed by atoms with van der Waals surface area (Å²) in [6.45, 7) is 3.03. The van der Waals surface area contributed by atoms with E-state index in [2.05, 4.69) is 17.0 Å². The van der Waals surface area contributed by atoms with Crippen LogP contribution in [-0.4, -0.2) is 38.2 Å². The molecule has 1 amide bonds. The van der Waals surface area contributed by atoms with E-state index >= 15 is 0 Å². The van der Waals surface area contributed by atoms with E-state index in [1.54, 1.807) is 11.0 Å². The van der Waals surface area contributed by atoms with Gasteiger partial charge in [-0.1, -0.05) is 6.92 Å². The Morgan fingerprint density at radius 2 is 2.10 bits per heavy atom. The third-order valence-corrected chi connectivity index (χ3v) is 4.16. The summed E-state index contributed by atoms with van der Waals surface area (Å²) >= 11 is 0. The van der Waals surface area contributed by atoms with Gasteiger partial charge in [-0.3, -0.25) is 4.79 Å². The van der Waals surface area contributed by atoms with Crippen molar-refractivity contribution in [3.05, 3.63) is 42.5 Å². The van der Waals surface area contributed by atoms with Gasteiger partial charge in [0.05, 0.1) is 5.69 Å². The van der Waals surface area contributed by atoms with Crippen LogP contribution in [-0.2, 0) is 0 Å². The minimum absolute atomic E-state index is 0.145. The molecule has 0 N–H and O–H groups in total. The minimum atomic E-state index is 0.145. The first-order chi connectivity index (χ1) is 10.3. The van der Waals surface area contributed by atoms with Crippen LogP contribution in [0.4, 0.5) is 0 Å². The molecule has 110 valence electrons. The smallest absolute Gasteiger partial charge is 0.254 e. The van der Waals surface area contributed by atoms with E-state index in [-0.39, 0.29) is 5.91 Å². The molecule has 0 radical (unpaired) electrons. The summed E-state index contributed by atoms with van der Waals surface area (Å²) in [4.78, 5) is 18.6. The third-order valence-electron chi connectivity index (χ3n) is 4.16. The zero-order valence-corrected chi connectivity index (χ0v) is 12.3. The van der Waals surface area contributed by atoms with Crippen LogP contribution in [0.5, 0.6) is 0 Å². The summed E-state index contributed by atoms with van der Waals surface area (Å²) in [6, 6.07) is 7.96. The van der Waals surface area contributed by atoms with Gasteiger partial charge >= 0.3 is 0 Å².